The largest absolute Gasteiger partial charge is 0.256 e. The van der Waals surface area contributed by atoms with Crippen molar-refractivity contribution in [2.45, 2.75) is 19.3 Å². The Morgan fingerprint density at radius 1 is 0.415 bits per heavy atom. The number of benzene rings is 6. The van der Waals surface area contributed by atoms with Crippen LogP contribution in [0.2, 0.25) is 0 Å². The van der Waals surface area contributed by atoms with Gasteiger partial charge < -0.3 is 0 Å². The summed E-state index contributed by atoms with van der Waals surface area (Å²) in [7, 11) is 0. The van der Waals surface area contributed by atoms with E-state index in [2.05, 4.69) is 147 Å². The first kappa shape index (κ1) is 23.8. The molecule has 0 fully saturated rings. The number of rotatable bonds is 3. The third-order valence-corrected chi connectivity index (χ3v) is 8.94. The molecular formula is C40H29N. The minimum atomic E-state index is -0.0962. The molecule has 1 aliphatic carbocycles. The number of hydrogen-bond acceptors (Lipinski definition) is 1. The van der Waals surface area contributed by atoms with E-state index in [0.717, 1.165) is 5.69 Å². The van der Waals surface area contributed by atoms with Gasteiger partial charge in [-0.3, -0.25) is 4.98 Å². The van der Waals surface area contributed by atoms with Gasteiger partial charge in [0.1, 0.15) is 0 Å². The van der Waals surface area contributed by atoms with Gasteiger partial charge in [-0.05, 0) is 72.1 Å². The Labute approximate surface area is 240 Å². The fourth-order valence-corrected chi connectivity index (χ4v) is 6.98. The number of pyridine rings is 1. The molecule has 0 saturated heterocycles. The molecule has 1 nitrogen and oxygen atoms in total. The number of hydrogen-bond donors (Lipinski definition) is 0. The monoisotopic (exact) mass is 523 g/mol. The van der Waals surface area contributed by atoms with Crippen molar-refractivity contribution in [1.29, 1.82) is 0 Å². The van der Waals surface area contributed by atoms with Crippen molar-refractivity contribution >= 4 is 21.5 Å². The highest BCUT2D eigenvalue weighted by atomic mass is 14.7. The van der Waals surface area contributed by atoms with Crippen LogP contribution < -0.4 is 0 Å². The summed E-state index contributed by atoms with van der Waals surface area (Å²) in [6, 6.07) is 48.6. The molecule has 6 aromatic carbocycles. The summed E-state index contributed by atoms with van der Waals surface area (Å²) < 4.78 is 0. The van der Waals surface area contributed by atoms with E-state index < -0.39 is 0 Å². The maximum absolute atomic E-state index is 4.94. The molecule has 0 bridgehead atoms. The van der Waals surface area contributed by atoms with Crippen LogP contribution in [0.1, 0.15) is 25.0 Å². The molecule has 0 aliphatic heterocycles. The van der Waals surface area contributed by atoms with Crippen molar-refractivity contribution in [3.8, 4) is 44.6 Å². The molecule has 0 atom stereocenters. The first-order valence-electron chi connectivity index (χ1n) is 14.3. The molecule has 0 amide bonds. The van der Waals surface area contributed by atoms with Gasteiger partial charge in [0.05, 0.1) is 5.69 Å². The van der Waals surface area contributed by atoms with Gasteiger partial charge in [0, 0.05) is 17.2 Å². The lowest BCUT2D eigenvalue weighted by atomic mass is 9.80. The zero-order valence-electron chi connectivity index (χ0n) is 23.2. The molecule has 1 heteroatoms. The topological polar surface area (TPSA) is 12.9 Å². The van der Waals surface area contributed by atoms with Crippen LogP contribution in [0.4, 0.5) is 0 Å². The SMILES string of the molecule is CC1(C)c2cccnc2-c2c(-c3c4ccccc4c(-c4ccc(-c5ccccc5)cc4)c4ccccc34)cccc21. The third kappa shape index (κ3) is 3.52. The molecule has 0 spiro atoms. The van der Waals surface area contributed by atoms with Crippen LogP contribution in [0.3, 0.4) is 0 Å². The van der Waals surface area contributed by atoms with Crippen molar-refractivity contribution < 1.29 is 0 Å². The van der Waals surface area contributed by atoms with Crippen LogP contribution in [0.25, 0.3) is 66.2 Å². The van der Waals surface area contributed by atoms with Gasteiger partial charge in [0.2, 0.25) is 0 Å². The van der Waals surface area contributed by atoms with Crippen LogP contribution in [-0.4, -0.2) is 4.98 Å². The summed E-state index contributed by atoms with van der Waals surface area (Å²) >= 11 is 0. The standard InChI is InChI=1S/C40H29N/c1-40(2)34-19-10-18-33(38(34)39-35(40)20-11-25-41-39)37-31-16-8-6-14-29(31)36(30-15-7-9-17-32(30)37)28-23-21-27(22-24-28)26-12-4-3-5-13-26/h3-25H,1-2H3. The van der Waals surface area contributed by atoms with Gasteiger partial charge >= 0.3 is 0 Å². The Kier molecular flexibility index (Phi) is 5.24. The van der Waals surface area contributed by atoms with E-state index >= 15 is 0 Å². The lowest BCUT2D eigenvalue weighted by Crippen LogP contribution is -2.14. The summed E-state index contributed by atoms with van der Waals surface area (Å²) in [5.41, 5.74) is 12.4. The van der Waals surface area contributed by atoms with E-state index in [1.165, 1.54) is 71.6 Å². The van der Waals surface area contributed by atoms with Crippen molar-refractivity contribution in [3.63, 3.8) is 0 Å². The highest BCUT2D eigenvalue weighted by Gasteiger charge is 2.38. The maximum Gasteiger partial charge on any atom is 0.0752 e. The lowest BCUT2D eigenvalue weighted by molar-refractivity contribution is 0.659. The van der Waals surface area contributed by atoms with Gasteiger partial charge in [0.25, 0.3) is 0 Å². The van der Waals surface area contributed by atoms with Crippen LogP contribution in [0, 0.1) is 0 Å². The van der Waals surface area contributed by atoms with Gasteiger partial charge in [-0.25, -0.2) is 0 Å². The van der Waals surface area contributed by atoms with Crippen molar-refractivity contribution in [1.82, 2.24) is 4.98 Å². The number of fused-ring (bicyclic) bond motifs is 5. The minimum absolute atomic E-state index is 0.0962. The fourth-order valence-electron chi connectivity index (χ4n) is 6.98. The zero-order valence-corrected chi connectivity index (χ0v) is 23.2. The smallest absolute Gasteiger partial charge is 0.0752 e. The summed E-state index contributed by atoms with van der Waals surface area (Å²) in [5, 5.41) is 5.07. The van der Waals surface area contributed by atoms with E-state index in [4.69, 9.17) is 4.98 Å². The van der Waals surface area contributed by atoms with E-state index in [1.54, 1.807) is 0 Å². The lowest BCUT2D eigenvalue weighted by Gasteiger charge is -2.22. The van der Waals surface area contributed by atoms with Crippen LogP contribution >= 0.6 is 0 Å². The van der Waals surface area contributed by atoms with E-state index in [1.807, 2.05) is 6.20 Å². The zero-order chi connectivity index (χ0) is 27.6. The van der Waals surface area contributed by atoms with E-state index in [0.29, 0.717) is 0 Å². The molecule has 0 saturated carbocycles. The van der Waals surface area contributed by atoms with Crippen molar-refractivity contribution in [2.24, 2.45) is 0 Å². The molecule has 0 N–H and O–H groups in total. The fraction of sp³-hybridized carbons (Fsp3) is 0.0750. The van der Waals surface area contributed by atoms with Gasteiger partial charge in [0.15, 0.2) is 0 Å². The second-order valence-corrected chi connectivity index (χ2v) is 11.5. The van der Waals surface area contributed by atoms with E-state index in [9.17, 15) is 0 Å². The van der Waals surface area contributed by atoms with Gasteiger partial charge in [-0.2, -0.15) is 0 Å². The summed E-state index contributed by atoms with van der Waals surface area (Å²) in [4.78, 5) is 4.94. The molecule has 1 aliphatic rings. The molecule has 0 radical (unpaired) electrons. The molecule has 0 unspecified atom stereocenters. The third-order valence-electron chi connectivity index (χ3n) is 8.94. The van der Waals surface area contributed by atoms with Crippen LogP contribution in [0.15, 0.2) is 140 Å². The highest BCUT2D eigenvalue weighted by Crippen LogP contribution is 2.53. The number of nitrogens with zero attached hydrogens (tertiary/aromatic N) is 1. The molecule has 7 aromatic rings. The molecular weight excluding hydrogens is 494 g/mol. The van der Waals surface area contributed by atoms with Crippen molar-refractivity contribution in [3.05, 3.63) is 151 Å². The second-order valence-electron chi connectivity index (χ2n) is 11.5. The predicted octanol–water partition coefficient (Wildman–Crippen LogP) is 10.7. The molecule has 194 valence electrons. The van der Waals surface area contributed by atoms with Gasteiger partial charge in [-0.15, -0.1) is 0 Å². The first-order chi connectivity index (χ1) is 20.1. The minimum Gasteiger partial charge on any atom is -0.256 e. The molecule has 1 heterocycles. The Balaban J connectivity index is 1.43. The second kappa shape index (κ2) is 9.01. The average Bonchev–Trinajstić information content (AvgIpc) is 3.27. The Bertz CT molecular complexity index is 2040. The molecule has 41 heavy (non-hydrogen) atoms. The summed E-state index contributed by atoms with van der Waals surface area (Å²) in [6.45, 7) is 4.64. The predicted molar refractivity (Wildman–Crippen MR) is 173 cm³/mol. The Hall–Kier alpha value is -5.01. The van der Waals surface area contributed by atoms with Crippen LogP contribution in [0.5, 0.6) is 0 Å². The first-order valence-corrected chi connectivity index (χ1v) is 14.3. The van der Waals surface area contributed by atoms with Crippen molar-refractivity contribution in [2.75, 3.05) is 0 Å². The summed E-state index contributed by atoms with van der Waals surface area (Å²) in [6.07, 6.45) is 1.93. The normalized spacial score (nSPS) is 13.3. The quantitative estimate of drug-likeness (QED) is 0.210. The van der Waals surface area contributed by atoms with Gasteiger partial charge in [-0.1, -0.05) is 141 Å². The maximum atomic E-state index is 4.94. The Morgan fingerprint density at radius 3 is 1.61 bits per heavy atom. The van der Waals surface area contributed by atoms with E-state index in [-0.39, 0.29) is 5.41 Å². The highest BCUT2D eigenvalue weighted by molar-refractivity contribution is 6.22. The molecule has 1 aromatic heterocycles. The Morgan fingerprint density at radius 2 is 0.951 bits per heavy atom. The molecule has 8 rings (SSSR count). The number of aromatic nitrogens is 1. The van der Waals surface area contributed by atoms with Crippen LogP contribution in [-0.2, 0) is 5.41 Å². The average molecular weight is 524 g/mol. The summed E-state index contributed by atoms with van der Waals surface area (Å²) in [5.74, 6) is 0.